The lowest BCUT2D eigenvalue weighted by Crippen LogP contribution is -2.60. The minimum absolute atomic E-state index is 0.0325. The molecule has 4 aliphatic rings. The third kappa shape index (κ3) is 4.91. The third-order valence-electron chi connectivity index (χ3n) is 11.1. The van der Waals surface area contributed by atoms with Crippen molar-refractivity contribution in [1.29, 1.82) is 0 Å². The van der Waals surface area contributed by atoms with Gasteiger partial charge in [0.25, 0.3) is 0 Å². The molecule has 0 aromatic heterocycles. The lowest BCUT2D eigenvalue weighted by molar-refractivity contribution is -0.132. The van der Waals surface area contributed by atoms with Crippen LogP contribution in [0.25, 0.3) is 0 Å². The highest BCUT2D eigenvalue weighted by atomic mass is 32.2. The summed E-state index contributed by atoms with van der Waals surface area (Å²) in [6.07, 6.45) is 4.12. The fourth-order valence-corrected chi connectivity index (χ4v) is 10.7. The Balaban J connectivity index is 1.30. The average Bonchev–Trinajstić information content (AvgIpc) is 3.25. The summed E-state index contributed by atoms with van der Waals surface area (Å²) in [6, 6.07) is 8.24. The highest BCUT2D eigenvalue weighted by Crippen LogP contribution is 2.71. The molecule has 5 rings (SSSR count). The van der Waals surface area contributed by atoms with E-state index in [9.17, 15) is 18.3 Å². The predicted molar refractivity (Wildman–Crippen MR) is 155 cm³/mol. The van der Waals surface area contributed by atoms with Gasteiger partial charge in [0.2, 0.25) is 15.9 Å². The van der Waals surface area contributed by atoms with E-state index in [1.165, 1.54) is 5.56 Å². The van der Waals surface area contributed by atoms with Gasteiger partial charge in [-0.3, -0.25) is 4.79 Å². The minimum atomic E-state index is -3.60. The van der Waals surface area contributed by atoms with Crippen molar-refractivity contribution < 1.29 is 18.3 Å². The number of aliphatic hydroxyl groups is 1. The second-order valence-corrected chi connectivity index (χ2v) is 15.3. The number of hydrogen-bond donors (Lipinski definition) is 3. The van der Waals surface area contributed by atoms with Gasteiger partial charge in [0.15, 0.2) is 0 Å². The molecule has 3 N–H and O–H groups in total. The van der Waals surface area contributed by atoms with Gasteiger partial charge in [-0.2, -0.15) is 4.31 Å². The van der Waals surface area contributed by atoms with Gasteiger partial charge in [-0.05, 0) is 68.5 Å². The standard InChI is InChI=1S/C30H48N4O4S/c1-22-8-5-6-10-26(22)33-14-16-34(17-15-33)39(37,38)21-29-12-11-25(28(29,3)4)18-30(29,36)23(2)19-32-27(35)24-9-7-13-31-20-24/h5-6,8,10,23-25,31,36H,7,9,11-21H2,1-4H3,(H,32,35). The Hall–Kier alpha value is -1.68. The zero-order valence-corrected chi connectivity index (χ0v) is 25.0. The Morgan fingerprint density at radius 3 is 2.54 bits per heavy atom. The van der Waals surface area contributed by atoms with E-state index >= 15 is 0 Å². The fraction of sp³-hybridized carbons (Fsp3) is 0.767. The minimum Gasteiger partial charge on any atom is -0.389 e. The Morgan fingerprint density at radius 1 is 1.18 bits per heavy atom. The molecule has 218 valence electrons. The molecule has 2 saturated carbocycles. The Kier molecular flexibility index (Phi) is 7.85. The number of hydrogen-bond acceptors (Lipinski definition) is 6. The summed E-state index contributed by atoms with van der Waals surface area (Å²) in [6.45, 7) is 12.6. The number of rotatable bonds is 8. The number of carbonyl (C=O) groups is 1. The van der Waals surface area contributed by atoms with Crippen molar-refractivity contribution in [1.82, 2.24) is 14.9 Å². The van der Waals surface area contributed by atoms with E-state index in [1.54, 1.807) is 4.31 Å². The Bertz CT molecular complexity index is 1160. The number of fused-ring (bicyclic) bond motifs is 2. The SMILES string of the molecule is Cc1ccccc1N1CCN(S(=O)(=O)CC23CCC(CC2(O)C(C)CNC(=O)C2CCCNC2)C3(C)C)CC1. The first kappa shape index (κ1) is 28.8. The van der Waals surface area contributed by atoms with Crippen molar-refractivity contribution in [2.45, 2.75) is 65.4 Å². The normalized spacial score (nSPS) is 33.7. The number of aryl methyl sites for hydroxylation is 1. The summed E-state index contributed by atoms with van der Waals surface area (Å²) >= 11 is 0. The van der Waals surface area contributed by atoms with Crippen molar-refractivity contribution >= 4 is 21.6 Å². The summed E-state index contributed by atoms with van der Waals surface area (Å²) in [5.74, 6) is -0.000154. The molecule has 4 fully saturated rings. The van der Waals surface area contributed by atoms with E-state index in [4.69, 9.17) is 0 Å². The van der Waals surface area contributed by atoms with Crippen molar-refractivity contribution in [3.8, 4) is 0 Å². The van der Waals surface area contributed by atoms with Crippen LogP contribution in [0.3, 0.4) is 0 Å². The smallest absolute Gasteiger partial charge is 0.224 e. The van der Waals surface area contributed by atoms with E-state index < -0.39 is 21.0 Å². The molecule has 0 radical (unpaired) electrons. The molecule has 1 amide bonds. The van der Waals surface area contributed by atoms with Gasteiger partial charge < -0.3 is 20.6 Å². The van der Waals surface area contributed by atoms with Gasteiger partial charge in [0, 0.05) is 56.3 Å². The highest BCUT2D eigenvalue weighted by molar-refractivity contribution is 7.89. The van der Waals surface area contributed by atoms with Crippen LogP contribution in [0.2, 0.25) is 0 Å². The zero-order chi connectivity index (χ0) is 28.1. The maximum Gasteiger partial charge on any atom is 0.224 e. The molecule has 2 bridgehead atoms. The van der Waals surface area contributed by atoms with E-state index in [-0.39, 0.29) is 34.8 Å². The number of para-hydroxylation sites is 1. The number of amides is 1. The molecule has 1 aromatic carbocycles. The van der Waals surface area contributed by atoms with Crippen LogP contribution >= 0.6 is 0 Å². The molecule has 8 nitrogen and oxygen atoms in total. The summed E-state index contributed by atoms with van der Waals surface area (Å²) in [5, 5.41) is 18.8. The topological polar surface area (TPSA) is 102 Å². The summed E-state index contributed by atoms with van der Waals surface area (Å²) in [7, 11) is -3.60. The number of carbonyl (C=O) groups excluding carboxylic acids is 1. The van der Waals surface area contributed by atoms with Gasteiger partial charge in [-0.25, -0.2) is 8.42 Å². The van der Waals surface area contributed by atoms with Crippen molar-refractivity contribution in [3.05, 3.63) is 29.8 Å². The summed E-state index contributed by atoms with van der Waals surface area (Å²) in [5.41, 5.74) is 0.172. The second-order valence-electron chi connectivity index (χ2n) is 13.3. The Morgan fingerprint density at radius 2 is 1.90 bits per heavy atom. The number of piperidine rings is 1. The molecular weight excluding hydrogens is 512 g/mol. The number of benzene rings is 1. The molecule has 2 saturated heterocycles. The third-order valence-corrected chi connectivity index (χ3v) is 13.2. The first-order chi connectivity index (χ1) is 18.4. The first-order valence-electron chi connectivity index (χ1n) is 14.9. The lowest BCUT2D eigenvalue weighted by atomic mass is 9.60. The van der Waals surface area contributed by atoms with Crippen LogP contribution in [-0.4, -0.2) is 80.9 Å². The zero-order valence-electron chi connectivity index (χ0n) is 24.2. The quantitative estimate of drug-likeness (QED) is 0.452. The van der Waals surface area contributed by atoms with Crippen LogP contribution in [0.1, 0.15) is 58.4 Å². The molecule has 5 atom stereocenters. The second kappa shape index (κ2) is 10.6. The maximum atomic E-state index is 14.0. The number of piperazine rings is 1. The summed E-state index contributed by atoms with van der Waals surface area (Å²) < 4.78 is 29.7. The molecule has 1 aromatic rings. The maximum absolute atomic E-state index is 14.0. The van der Waals surface area contributed by atoms with Crippen LogP contribution in [0.15, 0.2) is 24.3 Å². The van der Waals surface area contributed by atoms with Crippen LogP contribution < -0.4 is 15.5 Å². The van der Waals surface area contributed by atoms with Crippen LogP contribution in [0.4, 0.5) is 5.69 Å². The molecule has 9 heteroatoms. The van der Waals surface area contributed by atoms with Gasteiger partial charge in [-0.15, -0.1) is 0 Å². The van der Waals surface area contributed by atoms with Crippen LogP contribution in [-0.2, 0) is 14.8 Å². The molecule has 2 heterocycles. The molecule has 0 spiro atoms. The average molecular weight is 561 g/mol. The largest absolute Gasteiger partial charge is 0.389 e. The number of nitrogens with one attached hydrogen (secondary N) is 2. The monoisotopic (exact) mass is 560 g/mol. The number of anilines is 1. The van der Waals surface area contributed by atoms with Crippen molar-refractivity contribution in [2.24, 2.45) is 28.6 Å². The van der Waals surface area contributed by atoms with Crippen molar-refractivity contribution in [2.75, 3.05) is 56.5 Å². The van der Waals surface area contributed by atoms with Gasteiger partial charge >= 0.3 is 0 Å². The highest BCUT2D eigenvalue weighted by Gasteiger charge is 2.73. The predicted octanol–water partition coefficient (Wildman–Crippen LogP) is 2.76. The van der Waals surface area contributed by atoms with E-state index in [1.807, 2.05) is 19.1 Å². The van der Waals surface area contributed by atoms with Gasteiger partial charge in [0.1, 0.15) is 0 Å². The van der Waals surface area contributed by atoms with Gasteiger partial charge in [-0.1, -0.05) is 39.0 Å². The summed E-state index contributed by atoms with van der Waals surface area (Å²) in [4.78, 5) is 15.1. The number of sulfonamides is 1. The molecule has 39 heavy (non-hydrogen) atoms. The van der Waals surface area contributed by atoms with E-state index in [2.05, 4.69) is 48.4 Å². The van der Waals surface area contributed by atoms with E-state index in [0.717, 1.165) is 31.5 Å². The van der Waals surface area contributed by atoms with Crippen LogP contribution in [0, 0.1) is 35.5 Å². The van der Waals surface area contributed by atoms with Crippen molar-refractivity contribution in [3.63, 3.8) is 0 Å². The molecular formula is C30H48N4O4S. The molecule has 2 aliphatic heterocycles. The Labute approximate surface area is 235 Å². The molecule has 5 unspecified atom stereocenters. The van der Waals surface area contributed by atoms with Crippen LogP contribution in [0.5, 0.6) is 0 Å². The fourth-order valence-electron chi connectivity index (χ4n) is 8.42. The number of nitrogens with zero attached hydrogens (tertiary/aromatic N) is 2. The van der Waals surface area contributed by atoms with Gasteiger partial charge in [0.05, 0.1) is 17.3 Å². The van der Waals surface area contributed by atoms with E-state index in [0.29, 0.717) is 52.1 Å². The first-order valence-corrected chi connectivity index (χ1v) is 16.5. The lowest BCUT2D eigenvalue weighted by Gasteiger charge is -2.51. The molecule has 2 aliphatic carbocycles.